The van der Waals surface area contributed by atoms with E-state index in [1.165, 1.54) is 11.1 Å². The minimum Gasteiger partial charge on any atom is -0.491 e. The van der Waals surface area contributed by atoms with Crippen LogP contribution in [0, 0.1) is 17.8 Å². The van der Waals surface area contributed by atoms with E-state index >= 15 is 0 Å². The van der Waals surface area contributed by atoms with Gasteiger partial charge in [0.2, 0.25) is 33.3 Å². The van der Waals surface area contributed by atoms with Crippen LogP contribution in [0.1, 0.15) is 104 Å². The van der Waals surface area contributed by atoms with Crippen LogP contribution in [0.25, 0.3) is 10.8 Å². The van der Waals surface area contributed by atoms with Crippen LogP contribution in [0.3, 0.4) is 0 Å². The molecule has 2 aliphatic heterocycles. The minimum absolute atomic E-state index is 0. The molecule has 338 valence electrons. The van der Waals surface area contributed by atoms with E-state index in [1.807, 2.05) is 45.9 Å². The van der Waals surface area contributed by atoms with E-state index in [-0.39, 0.29) is 35.5 Å². The largest absolute Gasteiger partial charge is 0.491 e. The smallest absolute Gasteiger partial charge is 0.427 e. The summed E-state index contributed by atoms with van der Waals surface area (Å²) in [4.78, 5) is 61.8. The minimum atomic E-state index is -4.91. The third-order valence-electron chi connectivity index (χ3n) is 11.4. The number of benzene rings is 1. The summed E-state index contributed by atoms with van der Waals surface area (Å²) in [5.41, 5.74) is -4.51. The molecule has 4 amide bonds. The fourth-order valence-corrected chi connectivity index (χ4v) is 9.03. The second kappa shape index (κ2) is 18.6. The van der Waals surface area contributed by atoms with Crippen molar-refractivity contribution in [2.75, 3.05) is 13.2 Å². The number of nitrogens with zero attached hydrogens (tertiary/aromatic N) is 2. The Kier molecular flexibility index (Phi) is 14.4. The highest BCUT2D eigenvalue weighted by Crippen LogP contribution is 2.46. The fraction of sp³-hybridized carbons (Fsp3) is 0.643. The molecule has 3 heterocycles. The number of amides is 4. The number of hydrogen-bond donors (Lipinski definition) is 3. The van der Waals surface area contributed by atoms with Gasteiger partial charge in [0.05, 0.1) is 24.6 Å². The summed E-state index contributed by atoms with van der Waals surface area (Å²) in [5, 5.41) is 5.81. The van der Waals surface area contributed by atoms with Gasteiger partial charge in [-0.15, -0.1) is 0 Å². The molecule has 1 aromatic heterocycles. The van der Waals surface area contributed by atoms with E-state index in [9.17, 15) is 40.8 Å². The van der Waals surface area contributed by atoms with Crippen LogP contribution in [0.2, 0.25) is 0 Å². The van der Waals surface area contributed by atoms with E-state index in [4.69, 9.17) is 14.2 Å². The maximum atomic E-state index is 14.8. The molecule has 2 saturated carbocycles. The number of hydrogen-bond acceptors (Lipinski definition) is 10. The molecule has 2 aliphatic carbocycles. The predicted octanol–water partition coefficient (Wildman–Crippen LogP) is 7.07. The van der Waals surface area contributed by atoms with E-state index < -0.39 is 86.4 Å². The Labute approximate surface area is 354 Å². The summed E-state index contributed by atoms with van der Waals surface area (Å²) in [5.74, 6) is -2.90. The van der Waals surface area contributed by atoms with Crippen molar-refractivity contribution in [3.63, 3.8) is 0 Å². The summed E-state index contributed by atoms with van der Waals surface area (Å²) < 4.78 is 86.2. The number of aromatic nitrogens is 1. The molecule has 60 heavy (non-hydrogen) atoms. The van der Waals surface area contributed by atoms with Crippen LogP contribution in [0.15, 0.2) is 42.6 Å². The molecule has 14 nitrogen and oxygen atoms in total. The molecule has 3 fully saturated rings. The Balaban J connectivity index is 0.00000269. The SMILES string of the molecule is CC.CCCOc1cnc(O[C@@H]2C[C@H]3C(=O)N[C@]4(C(=O)NS(=O)(=O)C5CC5)C[C@H]4/C=C\CC[C@@H](C)C[C@@H](C)[C@H](NC(=O)OC(C)(C)C(F)(F)F)C(=O)N3C2)c2ccccc12.[HH].[HH].[HH]. The van der Waals surface area contributed by atoms with E-state index in [2.05, 4.69) is 20.3 Å². The predicted molar refractivity (Wildman–Crippen MR) is 224 cm³/mol. The number of nitrogens with one attached hydrogen (secondary N) is 3. The van der Waals surface area contributed by atoms with Crippen molar-refractivity contribution in [1.29, 1.82) is 0 Å². The lowest BCUT2D eigenvalue weighted by atomic mass is 9.88. The Morgan fingerprint density at radius 3 is 2.40 bits per heavy atom. The summed E-state index contributed by atoms with van der Waals surface area (Å²) in [6, 6.07) is 4.51. The van der Waals surface area contributed by atoms with Crippen LogP contribution in [-0.4, -0.2) is 96.0 Å². The zero-order valence-corrected chi connectivity index (χ0v) is 36.1. The summed E-state index contributed by atoms with van der Waals surface area (Å²) >= 11 is 0. The van der Waals surface area contributed by atoms with Gasteiger partial charge in [-0.3, -0.25) is 19.1 Å². The first-order chi connectivity index (χ1) is 28.3. The van der Waals surface area contributed by atoms with Crippen molar-refractivity contribution in [3.05, 3.63) is 42.6 Å². The summed E-state index contributed by atoms with van der Waals surface area (Å²) in [6.07, 6.45) is 1.07. The number of carbonyl (C=O) groups is 4. The van der Waals surface area contributed by atoms with Gasteiger partial charge in [0.15, 0.2) is 0 Å². The number of rotatable bonds is 10. The van der Waals surface area contributed by atoms with Crippen LogP contribution < -0.4 is 24.8 Å². The van der Waals surface area contributed by atoms with Crippen molar-refractivity contribution in [3.8, 4) is 11.6 Å². The maximum Gasteiger partial charge on any atom is 0.427 e. The van der Waals surface area contributed by atoms with Gasteiger partial charge in [0.25, 0.3) is 5.91 Å². The first-order valence-corrected chi connectivity index (χ1v) is 22.4. The zero-order chi connectivity index (χ0) is 44.2. The molecule has 0 unspecified atom stereocenters. The van der Waals surface area contributed by atoms with Crippen molar-refractivity contribution in [2.24, 2.45) is 17.8 Å². The molecule has 0 radical (unpaired) electrons. The lowest BCUT2D eigenvalue weighted by Crippen LogP contribution is -2.59. The van der Waals surface area contributed by atoms with Gasteiger partial charge in [-0.2, -0.15) is 13.2 Å². The van der Waals surface area contributed by atoms with Crippen molar-refractivity contribution < 1.29 is 59.3 Å². The topological polar surface area (TPSA) is 182 Å². The molecular formula is C42H64F3N5O9S. The van der Waals surface area contributed by atoms with Crippen molar-refractivity contribution in [1.82, 2.24) is 25.2 Å². The van der Waals surface area contributed by atoms with E-state index in [0.29, 0.717) is 63.7 Å². The van der Waals surface area contributed by atoms with Crippen LogP contribution >= 0.6 is 0 Å². The molecule has 4 aliphatic rings. The quantitative estimate of drug-likeness (QED) is 0.209. The van der Waals surface area contributed by atoms with Crippen LogP contribution in [0.4, 0.5) is 18.0 Å². The number of halogens is 3. The molecule has 6 rings (SSSR count). The molecular weight excluding hydrogens is 808 g/mol. The van der Waals surface area contributed by atoms with Gasteiger partial charge in [-0.05, 0) is 76.7 Å². The van der Waals surface area contributed by atoms with Gasteiger partial charge < -0.3 is 29.7 Å². The number of pyridine rings is 1. The van der Waals surface area contributed by atoms with Gasteiger partial charge in [0, 0.05) is 27.4 Å². The molecule has 1 aromatic carbocycles. The number of ether oxygens (including phenoxy) is 3. The first-order valence-electron chi connectivity index (χ1n) is 20.8. The fourth-order valence-electron chi connectivity index (χ4n) is 7.66. The van der Waals surface area contributed by atoms with Crippen molar-refractivity contribution >= 4 is 44.6 Å². The highest BCUT2D eigenvalue weighted by atomic mass is 32.2. The molecule has 1 saturated heterocycles. The third-order valence-corrected chi connectivity index (χ3v) is 13.2. The second-order valence-corrected chi connectivity index (χ2v) is 18.6. The molecule has 0 bridgehead atoms. The molecule has 7 atom stereocenters. The maximum absolute atomic E-state index is 14.8. The van der Waals surface area contributed by atoms with Crippen molar-refractivity contribution in [2.45, 2.75) is 141 Å². The number of fused-ring (bicyclic) bond motifs is 3. The zero-order valence-electron chi connectivity index (χ0n) is 35.3. The molecule has 2 aromatic rings. The lowest BCUT2D eigenvalue weighted by Gasteiger charge is -2.34. The lowest BCUT2D eigenvalue weighted by molar-refractivity contribution is -0.244. The molecule has 0 spiro atoms. The first kappa shape index (κ1) is 46.5. The number of alkyl carbamates (subject to hydrolysis) is 1. The van der Waals surface area contributed by atoms with Gasteiger partial charge in [-0.25, -0.2) is 18.2 Å². The van der Waals surface area contributed by atoms with Crippen LogP contribution in [0.5, 0.6) is 11.6 Å². The number of sulfonamides is 1. The number of allylic oxidation sites excluding steroid dienone is 1. The normalized spacial score (nSPS) is 28.0. The van der Waals surface area contributed by atoms with Gasteiger partial charge in [-0.1, -0.05) is 65.0 Å². The van der Waals surface area contributed by atoms with E-state index in [0.717, 1.165) is 11.8 Å². The third kappa shape index (κ3) is 10.5. The van der Waals surface area contributed by atoms with Gasteiger partial charge >= 0.3 is 12.3 Å². The summed E-state index contributed by atoms with van der Waals surface area (Å²) in [6.45, 7) is 11.2. The average molecular weight is 872 g/mol. The Bertz CT molecular complexity index is 2060. The highest BCUT2D eigenvalue weighted by molar-refractivity contribution is 7.91. The Morgan fingerprint density at radius 2 is 1.75 bits per heavy atom. The average Bonchev–Trinajstić information content (AvgIpc) is 4.12. The monoisotopic (exact) mass is 871 g/mol. The standard InChI is InChI=1S/C40H52F3N5O9S.C2H6.3H2/c1-6-17-55-31-21-44-34(29-14-10-9-13-28(29)31)56-26-19-30-33(49)46-39(36(51)47-58(53,54)27-15-16-27)20-25(39)12-8-7-11-23(2)18-24(3)32(35(50)48(30)22-26)45-37(52)57-38(4,5)40(41,42)43;1-2;;;/h8-10,12-14,21,23-27,30,32H,6-7,11,15-20,22H2,1-5H3,(H,45,52)(H,46,49)(H,47,51);1-2H3;3*1H/b12-8-;;;;/t23-,24-,25-,26-,30+,32+,39-;;;;/m1..../s1. The van der Waals surface area contributed by atoms with Crippen LogP contribution in [-0.2, 0) is 29.1 Å². The molecule has 3 N–H and O–H groups in total. The number of carbonyl (C=O) groups excluding carboxylic acids is 4. The van der Waals surface area contributed by atoms with Gasteiger partial charge in [0.1, 0.15) is 29.5 Å². The summed E-state index contributed by atoms with van der Waals surface area (Å²) in [7, 11) is -3.98. The second-order valence-electron chi connectivity index (χ2n) is 16.6. The number of alkyl halides is 3. The van der Waals surface area contributed by atoms with E-state index in [1.54, 1.807) is 25.1 Å². The Morgan fingerprint density at radius 1 is 1.07 bits per heavy atom. The highest BCUT2D eigenvalue weighted by Gasteiger charge is 2.62. The Hall–Kier alpha value is -4.61. The molecule has 18 heteroatoms.